The molecule has 0 aromatic heterocycles. The van der Waals surface area contributed by atoms with Gasteiger partial charge >= 0.3 is 0 Å². The topological polar surface area (TPSA) is 75.5 Å². The van der Waals surface area contributed by atoms with Crippen molar-refractivity contribution < 1.29 is 1.37 Å². The van der Waals surface area contributed by atoms with E-state index < -0.39 is 6.27 Å². The van der Waals surface area contributed by atoms with Gasteiger partial charge in [0.15, 0.2) is 12.1 Å². The van der Waals surface area contributed by atoms with Crippen molar-refractivity contribution in [2.75, 3.05) is 0 Å². The van der Waals surface area contributed by atoms with Crippen molar-refractivity contribution in [3.8, 4) is 0 Å². The fraction of sp³-hybridized carbons (Fsp3) is 0.200. The maximum atomic E-state index is 7.24. The normalized spacial score (nSPS) is 36.7. The average molecular weight is 136 g/mol. The lowest BCUT2D eigenvalue weighted by molar-refractivity contribution is 0.757. The molecule has 0 saturated heterocycles. The summed E-state index contributed by atoms with van der Waals surface area (Å²) in [6.07, 6.45) is 1.15. The van der Waals surface area contributed by atoms with Crippen LogP contribution in [0.3, 0.4) is 0 Å². The number of amidine groups is 1. The van der Waals surface area contributed by atoms with Gasteiger partial charge in [0.1, 0.15) is 12.1 Å². The molecule has 2 heterocycles. The number of nitrogens with two attached hydrogens (primary N) is 1. The van der Waals surface area contributed by atoms with Crippen LogP contribution >= 0.6 is 0 Å². The fourth-order valence-electron chi connectivity index (χ4n) is 0.711. The van der Waals surface area contributed by atoms with Crippen molar-refractivity contribution in [3.63, 3.8) is 0 Å². The third kappa shape index (κ3) is 0.679. The molecule has 2 aliphatic heterocycles. The number of hydrogen-bond donors (Lipinski definition) is 1. The first kappa shape index (κ1) is 4.45. The summed E-state index contributed by atoms with van der Waals surface area (Å²) in [5.41, 5.74) is 5.85. The fourth-order valence-corrected chi connectivity index (χ4v) is 0.711. The molecule has 0 spiro atoms. The van der Waals surface area contributed by atoms with Crippen LogP contribution in [0.25, 0.3) is 0 Å². The van der Waals surface area contributed by atoms with Crippen LogP contribution in [0.4, 0.5) is 0 Å². The molecule has 50 valence electrons. The Labute approximate surface area is 58.5 Å². The van der Waals surface area contributed by atoms with E-state index in [4.69, 9.17) is 7.10 Å². The second-order valence-corrected chi connectivity index (χ2v) is 1.81. The van der Waals surface area contributed by atoms with E-state index in [2.05, 4.69) is 20.0 Å². The van der Waals surface area contributed by atoms with Crippen LogP contribution in [-0.2, 0) is 0 Å². The zero-order valence-corrected chi connectivity index (χ0v) is 5.02. The van der Waals surface area contributed by atoms with Gasteiger partial charge in [0.25, 0.3) is 0 Å². The molecule has 5 nitrogen and oxygen atoms in total. The number of aliphatic imine (C=N–C) groups is 4. The van der Waals surface area contributed by atoms with Gasteiger partial charge in [-0.15, -0.1) is 0 Å². The molecule has 5 heteroatoms. The summed E-state index contributed by atoms with van der Waals surface area (Å²) in [6, 6.07) is 0. The van der Waals surface area contributed by atoms with E-state index in [1.54, 1.807) is 0 Å². The van der Waals surface area contributed by atoms with Crippen LogP contribution < -0.4 is 5.73 Å². The van der Waals surface area contributed by atoms with E-state index in [0.29, 0.717) is 11.5 Å². The Morgan fingerprint density at radius 3 is 3.50 bits per heavy atom. The Morgan fingerprint density at radius 2 is 2.60 bits per heavy atom. The molecule has 2 rings (SSSR count). The highest BCUT2D eigenvalue weighted by molar-refractivity contribution is 6.65. The minimum Gasteiger partial charge on any atom is -0.291 e. The molecule has 0 amide bonds. The summed E-state index contributed by atoms with van der Waals surface area (Å²) in [5, 5.41) is 0. The van der Waals surface area contributed by atoms with Crippen molar-refractivity contribution in [2.24, 2.45) is 25.7 Å². The first-order valence-electron chi connectivity index (χ1n) is 3.22. The Bertz CT molecular complexity index is 311. The number of hydrogen-bond acceptors (Lipinski definition) is 5. The molecule has 10 heavy (non-hydrogen) atoms. The van der Waals surface area contributed by atoms with Crippen molar-refractivity contribution in [1.82, 2.24) is 0 Å². The Kier molecular flexibility index (Phi) is 0.807. The SMILES string of the molecule is [2H]C1(N)N=CC2=NC=NC2=N1. The zero-order chi connectivity index (χ0) is 7.90. The van der Waals surface area contributed by atoms with Gasteiger partial charge in [0, 0.05) is 0 Å². The Morgan fingerprint density at radius 1 is 1.70 bits per heavy atom. The van der Waals surface area contributed by atoms with Gasteiger partial charge < -0.3 is 0 Å². The smallest absolute Gasteiger partial charge is 0.193 e. The summed E-state index contributed by atoms with van der Waals surface area (Å²) in [6.45, 7) is 0. The molecule has 0 fully saturated rings. The summed E-state index contributed by atoms with van der Waals surface area (Å²) < 4.78 is 7.24. The van der Waals surface area contributed by atoms with Crippen molar-refractivity contribution in [1.29, 1.82) is 0 Å². The summed E-state index contributed by atoms with van der Waals surface area (Å²) >= 11 is 0. The first-order chi connectivity index (χ1) is 5.17. The summed E-state index contributed by atoms with van der Waals surface area (Å²) in [7, 11) is 0. The predicted octanol–water partition coefficient (Wildman–Crippen LogP) is -0.806. The Balaban J connectivity index is 2.45. The van der Waals surface area contributed by atoms with Gasteiger partial charge in [-0.3, -0.25) is 5.73 Å². The van der Waals surface area contributed by atoms with Crippen LogP contribution in [0.2, 0.25) is 0 Å². The van der Waals surface area contributed by atoms with Crippen LogP contribution in [0.1, 0.15) is 1.37 Å². The highest BCUT2D eigenvalue weighted by Crippen LogP contribution is 2.00. The van der Waals surface area contributed by atoms with Gasteiger partial charge in [-0.25, -0.2) is 20.0 Å². The third-order valence-electron chi connectivity index (χ3n) is 1.15. The molecule has 2 aliphatic rings. The third-order valence-corrected chi connectivity index (χ3v) is 1.15. The van der Waals surface area contributed by atoms with Crippen molar-refractivity contribution in [3.05, 3.63) is 0 Å². The number of rotatable bonds is 0. The highest BCUT2D eigenvalue weighted by Gasteiger charge is 2.14. The molecular formula is C5H5N5. The quantitative estimate of drug-likeness (QED) is 0.464. The maximum absolute atomic E-state index is 7.24. The zero-order valence-electron chi connectivity index (χ0n) is 6.02. The summed E-state index contributed by atoms with van der Waals surface area (Å²) in [5.74, 6) is 0.387. The maximum Gasteiger partial charge on any atom is 0.193 e. The van der Waals surface area contributed by atoms with Gasteiger partial charge in [0.05, 0.1) is 7.59 Å². The molecule has 0 bridgehead atoms. The number of fused-ring (bicyclic) bond motifs is 1. The molecule has 0 radical (unpaired) electrons. The van der Waals surface area contributed by atoms with Gasteiger partial charge in [-0.1, -0.05) is 0 Å². The average Bonchev–Trinajstić information content (AvgIpc) is 2.31. The lowest BCUT2D eigenvalue weighted by Gasteiger charge is -2.05. The van der Waals surface area contributed by atoms with Crippen molar-refractivity contribution in [2.45, 2.75) is 6.27 Å². The second-order valence-electron chi connectivity index (χ2n) is 1.81. The molecule has 2 N–H and O–H groups in total. The van der Waals surface area contributed by atoms with Gasteiger partial charge in [0.2, 0.25) is 0 Å². The highest BCUT2D eigenvalue weighted by atomic mass is 15.2. The van der Waals surface area contributed by atoms with E-state index in [-0.39, 0.29) is 0 Å². The van der Waals surface area contributed by atoms with E-state index >= 15 is 0 Å². The van der Waals surface area contributed by atoms with E-state index in [0.717, 1.165) is 0 Å². The van der Waals surface area contributed by atoms with E-state index in [1.807, 2.05) is 0 Å². The van der Waals surface area contributed by atoms with Crippen LogP contribution in [-0.4, -0.2) is 30.4 Å². The van der Waals surface area contributed by atoms with Crippen LogP contribution in [0, 0.1) is 0 Å². The lowest BCUT2D eigenvalue weighted by Crippen LogP contribution is -2.25. The molecule has 1 unspecified atom stereocenters. The van der Waals surface area contributed by atoms with E-state index in [9.17, 15) is 0 Å². The number of nitrogens with zero attached hydrogens (tertiary/aromatic N) is 4. The van der Waals surface area contributed by atoms with Gasteiger partial charge in [-0.05, 0) is 0 Å². The molecule has 0 aromatic rings. The molecule has 0 saturated carbocycles. The van der Waals surface area contributed by atoms with Crippen LogP contribution in [0.5, 0.6) is 0 Å². The minimum absolute atomic E-state index is 0.387. The first-order valence-corrected chi connectivity index (χ1v) is 2.72. The standard InChI is InChI=1S/C5H5N5/c6-5-7-1-3-4(10-5)9-2-8-3/h1-2,5H,6H2/i5D. The second kappa shape index (κ2) is 1.81. The summed E-state index contributed by atoms with van der Waals surface area (Å²) in [4.78, 5) is 14.9. The largest absolute Gasteiger partial charge is 0.291 e. The minimum atomic E-state index is -1.62. The molecular weight excluding hydrogens is 130 g/mol. The Hall–Kier alpha value is -1.36. The van der Waals surface area contributed by atoms with Gasteiger partial charge in [-0.2, -0.15) is 0 Å². The molecule has 1 atom stereocenters. The molecule has 0 aromatic carbocycles. The predicted molar refractivity (Wildman–Crippen MR) is 39.8 cm³/mol. The van der Waals surface area contributed by atoms with E-state index in [1.165, 1.54) is 12.6 Å². The van der Waals surface area contributed by atoms with Crippen molar-refractivity contribution >= 4 is 24.1 Å². The lowest BCUT2D eigenvalue weighted by atomic mass is 10.3. The van der Waals surface area contributed by atoms with Crippen LogP contribution in [0.15, 0.2) is 20.0 Å². The monoisotopic (exact) mass is 136 g/mol. The molecule has 0 aliphatic carbocycles.